The second-order valence-corrected chi connectivity index (χ2v) is 10.7. The maximum absolute atomic E-state index is 13.7. The third-order valence-corrected chi connectivity index (χ3v) is 7.78. The number of para-hydroxylation sites is 1. The average Bonchev–Trinajstić information content (AvgIpc) is 3.13. The molecule has 1 heterocycles. The molecule has 9 heteroatoms. The van der Waals surface area contributed by atoms with Gasteiger partial charge in [0.05, 0.1) is 21.7 Å². The number of nitrogens with two attached hydrogens (primary N) is 1. The largest absolute Gasteiger partial charge is 0.490 e. The van der Waals surface area contributed by atoms with Crippen LogP contribution in [-0.4, -0.2) is 41.1 Å². The summed E-state index contributed by atoms with van der Waals surface area (Å²) < 4.78 is 11.9. The summed E-state index contributed by atoms with van der Waals surface area (Å²) in [5.41, 5.74) is 6.82. The molecule has 2 aromatic carbocycles. The van der Waals surface area contributed by atoms with Crippen LogP contribution < -0.4 is 15.2 Å². The third kappa shape index (κ3) is 6.13. The summed E-state index contributed by atoms with van der Waals surface area (Å²) in [4.78, 5) is 32.3. The molecule has 4 rings (SSSR count). The van der Waals surface area contributed by atoms with E-state index in [2.05, 4.69) is 22.9 Å². The highest BCUT2D eigenvalue weighted by atomic mass is 79.9. The van der Waals surface area contributed by atoms with Crippen molar-refractivity contribution in [3.8, 4) is 11.5 Å². The van der Waals surface area contributed by atoms with Gasteiger partial charge in [-0.2, -0.15) is 0 Å². The van der Waals surface area contributed by atoms with Crippen molar-refractivity contribution < 1.29 is 19.1 Å². The first-order valence-electron chi connectivity index (χ1n) is 12.1. The summed E-state index contributed by atoms with van der Waals surface area (Å²) in [5.74, 6) is 0.657. The van der Waals surface area contributed by atoms with Crippen LogP contribution in [0.1, 0.15) is 45.1 Å². The van der Waals surface area contributed by atoms with Crippen LogP contribution in [0.4, 0.5) is 5.69 Å². The maximum Gasteiger partial charge on any atom is 0.267 e. The van der Waals surface area contributed by atoms with Crippen LogP contribution in [0, 0.1) is 5.92 Å². The lowest BCUT2D eigenvalue weighted by Crippen LogP contribution is -2.44. The molecule has 1 saturated heterocycles. The standard InChI is InChI=1S/C27H30BrN3O4S/c1-3-34-22-14-18(13-20(28)25(22)35-16-24(29)32)15-23-26(33)31(21-12-8-7-9-17(21)2)27(36-23)30-19-10-5-4-6-11-19/h4-6,10-11,13-15,17,21H,3,7-9,12,16H2,1-2H3,(H2,29,32)/b23-15-,30-27?/t17-,21+/m0/s1. The van der Waals surface area contributed by atoms with Gasteiger partial charge in [-0.25, -0.2) is 4.99 Å². The van der Waals surface area contributed by atoms with E-state index in [1.54, 1.807) is 6.07 Å². The number of benzene rings is 2. The number of primary amides is 1. The Labute approximate surface area is 224 Å². The molecule has 2 fully saturated rings. The number of amidine groups is 1. The number of amides is 2. The molecule has 2 atom stereocenters. The molecule has 190 valence electrons. The molecule has 2 aliphatic rings. The zero-order valence-electron chi connectivity index (χ0n) is 20.4. The lowest BCUT2D eigenvalue weighted by molar-refractivity contribution is -0.125. The molecule has 0 aromatic heterocycles. The summed E-state index contributed by atoms with van der Waals surface area (Å²) in [5, 5.41) is 0.710. The number of thioether (sulfide) groups is 1. The first kappa shape index (κ1) is 26.3. The molecule has 2 amide bonds. The van der Waals surface area contributed by atoms with Crippen LogP contribution in [0.15, 0.2) is 56.8 Å². The van der Waals surface area contributed by atoms with Crippen molar-refractivity contribution in [2.45, 2.75) is 45.6 Å². The van der Waals surface area contributed by atoms with Crippen LogP contribution in [0.5, 0.6) is 11.5 Å². The summed E-state index contributed by atoms with van der Waals surface area (Å²) in [6.45, 7) is 4.23. The second kappa shape index (κ2) is 12.0. The molecule has 7 nitrogen and oxygen atoms in total. The van der Waals surface area contributed by atoms with Crippen molar-refractivity contribution in [1.82, 2.24) is 4.90 Å². The second-order valence-electron chi connectivity index (χ2n) is 8.86. The highest BCUT2D eigenvalue weighted by Gasteiger charge is 2.41. The summed E-state index contributed by atoms with van der Waals surface area (Å²) in [6, 6.07) is 13.5. The van der Waals surface area contributed by atoms with E-state index in [1.807, 2.05) is 54.3 Å². The van der Waals surface area contributed by atoms with Crippen molar-refractivity contribution >= 4 is 56.4 Å². The summed E-state index contributed by atoms with van der Waals surface area (Å²) in [7, 11) is 0. The van der Waals surface area contributed by atoms with Crippen molar-refractivity contribution in [1.29, 1.82) is 0 Å². The normalized spacial score (nSPS) is 22.3. The Balaban J connectivity index is 1.70. The van der Waals surface area contributed by atoms with E-state index in [0.717, 1.165) is 30.5 Å². The van der Waals surface area contributed by atoms with Gasteiger partial charge in [0.2, 0.25) is 0 Å². The molecule has 0 bridgehead atoms. The fourth-order valence-electron chi connectivity index (χ4n) is 4.52. The number of hydrogen-bond donors (Lipinski definition) is 1. The molecule has 1 aliphatic carbocycles. The van der Waals surface area contributed by atoms with Crippen molar-refractivity contribution in [3.63, 3.8) is 0 Å². The maximum atomic E-state index is 13.7. The smallest absolute Gasteiger partial charge is 0.267 e. The number of rotatable bonds is 8. The van der Waals surface area contributed by atoms with E-state index >= 15 is 0 Å². The van der Waals surface area contributed by atoms with E-state index < -0.39 is 5.91 Å². The van der Waals surface area contributed by atoms with E-state index in [0.29, 0.717) is 38.6 Å². The number of nitrogens with zero attached hydrogens (tertiary/aromatic N) is 2. The van der Waals surface area contributed by atoms with Gasteiger partial charge in [-0.15, -0.1) is 0 Å². The van der Waals surface area contributed by atoms with Gasteiger partial charge in [0, 0.05) is 6.04 Å². The molecule has 36 heavy (non-hydrogen) atoms. The third-order valence-electron chi connectivity index (χ3n) is 6.20. The Bertz CT molecular complexity index is 1190. The monoisotopic (exact) mass is 571 g/mol. The van der Waals surface area contributed by atoms with Crippen LogP contribution in [0.25, 0.3) is 6.08 Å². The first-order valence-corrected chi connectivity index (χ1v) is 13.7. The quantitative estimate of drug-likeness (QED) is 0.398. The lowest BCUT2D eigenvalue weighted by Gasteiger charge is -2.35. The molecule has 1 aliphatic heterocycles. The molecule has 1 saturated carbocycles. The minimum absolute atomic E-state index is 0.0310. The highest BCUT2D eigenvalue weighted by molar-refractivity contribution is 9.10. The van der Waals surface area contributed by atoms with E-state index in [9.17, 15) is 9.59 Å². The highest BCUT2D eigenvalue weighted by Crippen LogP contribution is 2.42. The molecule has 0 radical (unpaired) electrons. The van der Waals surface area contributed by atoms with Gasteiger partial charge in [-0.05, 0) is 89.3 Å². The number of aliphatic imine (C=N–C) groups is 1. The Hall–Kier alpha value is -2.78. The lowest BCUT2D eigenvalue weighted by atomic mass is 9.85. The SMILES string of the molecule is CCOc1cc(/C=C2\SC(=Nc3ccccc3)N([C@@H]3CCCC[C@@H]3C)C2=O)cc(Br)c1OCC(N)=O. The van der Waals surface area contributed by atoms with Gasteiger partial charge in [0.1, 0.15) is 0 Å². The molecule has 2 N–H and O–H groups in total. The van der Waals surface area contributed by atoms with Crippen LogP contribution in [0.3, 0.4) is 0 Å². The van der Waals surface area contributed by atoms with E-state index in [-0.39, 0.29) is 18.6 Å². The van der Waals surface area contributed by atoms with Crippen LogP contribution >= 0.6 is 27.7 Å². The van der Waals surface area contributed by atoms with Crippen molar-refractivity contribution in [2.75, 3.05) is 13.2 Å². The van der Waals surface area contributed by atoms with Gasteiger partial charge in [0.15, 0.2) is 23.3 Å². The number of halogens is 1. The van der Waals surface area contributed by atoms with Gasteiger partial charge in [-0.3, -0.25) is 14.5 Å². The van der Waals surface area contributed by atoms with Crippen molar-refractivity contribution in [3.05, 3.63) is 57.4 Å². The summed E-state index contributed by atoms with van der Waals surface area (Å²) in [6.07, 6.45) is 6.23. The predicted molar refractivity (Wildman–Crippen MR) is 147 cm³/mol. The van der Waals surface area contributed by atoms with Crippen molar-refractivity contribution in [2.24, 2.45) is 16.6 Å². The summed E-state index contributed by atoms with van der Waals surface area (Å²) >= 11 is 4.90. The zero-order valence-corrected chi connectivity index (χ0v) is 22.8. The molecule has 0 spiro atoms. The predicted octanol–water partition coefficient (Wildman–Crippen LogP) is 5.89. The topological polar surface area (TPSA) is 94.2 Å². The fourth-order valence-corrected chi connectivity index (χ4v) is 6.14. The molecular formula is C27H30BrN3O4S. The minimum Gasteiger partial charge on any atom is -0.490 e. The number of carbonyl (C=O) groups is 2. The first-order chi connectivity index (χ1) is 17.4. The van der Waals surface area contributed by atoms with Gasteiger partial charge >= 0.3 is 0 Å². The Kier molecular flexibility index (Phi) is 8.74. The zero-order chi connectivity index (χ0) is 25.7. The number of ether oxygens (including phenoxy) is 2. The Morgan fingerprint density at radius 3 is 2.67 bits per heavy atom. The Morgan fingerprint density at radius 2 is 1.97 bits per heavy atom. The number of hydrogen-bond acceptors (Lipinski definition) is 6. The molecule has 0 unspecified atom stereocenters. The molecule has 2 aromatic rings. The van der Waals surface area contributed by atoms with E-state index in [1.165, 1.54) is 18.2 Å². The van der Waals surface area contributed by atoms with Gasteiger partial charge < -0.3 is 15.2 Å². The molecular weight excluding hydrogens is 542 g/mol. The minimum atomic E-state index is -0.578. The van der Waals surface area contributed by atoms with Gasteiger partial charge in [-0.1, -0.05) is 38.0 Å². The average molecular weight is 573 g/mol. The van der Waals surface area contributed by atoms with E-state index in [4.69, 9.17) is 20.2 Å². The Morgan fingerprint density at radius 1 is 1.22 bits per heavy atom. The fraction of sp³-hybridized carbons (Fsp3) is 0.370. The van der Waals surface area contributed by atoms with Gasteiger partial charge in [0.25, 0.3) is 11.8 Å². The van der Waals surface area contributed by atoms with Crippen LogP contribution in [-0.2, 0) is 9.59 Å². The van der Waals surface area contributed by atoms with Crippen LogP contribution in [0.2, 0.25) is 0 Å². The number of carbonyl (C=O) groups excluding carboxylic acids is 2.